The van der Waals surface area contributed by atoms with Crippen LogP contribution < -0.4 is 0 Å². The maximum absolute atomic E-state index is 3.61. The third-order valence-corrected chi connectivity index (χ3v) is 4.96. The van der Waals surface area contributed by atoms with E-state index in [1.54, 1.807) is 5.57 Å². The number of halogens is 1. The smallest absolute Gasteiger partial charge is 0.0178 e. The predicted molar refractivity (Wildman–Crippen MR) is 80.8 cm³/mol. The molecule has 0 aromatic heterocycles. The fourth-order valence-corrected chi connectivity index (χ4v) is 4.16. The van der Waals surface area contributed by atoms with Gasteiger partial charge in [-0.15, -0.1) is 0 Å². The third kappa shape index (κ3) is 2.18. The van der Waals surface area contributed by atoms with E-state index in [0.29, 0.717) is 10.8 Å². The van der Waals surface area contributed by atoms with Crippen LogP contribution in [0, 0.1) is 5.41 Å². The van der Waals surface area contributed by atoms with Crippen molar-refractivity contribution < 1.29 is 0 Å². The van der Waals surface area contributed by atoms with E-state index in [1.165, 1.54) is 42.1 Å². The molecule has 18 heavy (non-hydrogen) atoms. The average Bonchev–Trinajstić information content (AvgIpc) is 2.20. The van der Waals surface area contributed by atoms with E-state index in [-0.39, 0.29) is 0 Å². The highest BCUT2D eigenvalue weighted by Gasteiger charge is 2.49. The molecule has 3 rings (SSSR count). The quantitative estimate of drug-likeness (QED) is 0.622. The number of benzene rings is 1. The number of hydrogen-bond donors (Lipinski definition) is 0. The van der Waals surface area contributed by atoms with Crippen molar-refractivity contribution in [1.82, 2.24) is 0 Å². The zero-order chi connectivity index (χ0) is 12.8. The zero-order valence-electron chi connectivity index (χ0n) is 11.3. The van der Waals surface area contributed by atoms with Gasteiger partial charge in [0.2, 0.25) is 0 Å². The molecule has 0 N–H and O–H groups in total. The van der Waals surface area contributed by atoms with E-state index >= 15 is 0 Å². The molecular weight excluding hydrogens is 284 g/mol. The van der Waals surface area contributed by atoms with Crippen LogP contribution in [-0.2, 0) is 5.41 Å². The van der Waals surface area contributed by atoms with E-state index in [4.69, 9.17) is 0 Å². The lowest BCUT2D eigenvalue weighted by molar-refractivity contribution is 0.0928. The molecule has 2 saturated carbocycles. The summed E-state index contributed by atoms with van der Waals surface area (Å²) in [5.74, 6) is 0. The molecule has 1 aromatic rings. The predicted octanol–water partition coefficient (Wildman–Crippen LogP) is 5.62. The Kier molecular flexibility index (Phi) is 2.93. The minimum absolute atomic E-state index is 0.322. The van der Waals surface area contributed by atoms with Crippen LogP contribution in [0.1, 0.15) is 51.5 Å². The first-order valence-corrected chi connectivity index (χ1v) is 7.75. The van der Waals surface area contributed by atoms with Crippen LogP contribution in [0.5, 0.6) is 0 Å². The Bertz CT molecular complexity index is 482. The molecule has 0 amide bonds. The second-order valence-corrected chi connectivity index (χ2v) is 7.76. The van der Waals surface area contributed by atoms with Crippen molar-refractivity contribution in [2.24, 2.45) is 5.41 Å². The van der Waals surface area contributed by atoms with Gasteiger partial charge < -0.3 is 0 Å². The highest BCUT2D eigenvalue weighted by atomic mass is 79.9. The van der Waals surface area contributed by atoms with Gasteiger partial charge in [0.25, 0.3) is 0 Å². The van der Waals surface area contributed by atoms with Crippen molar-refractivity contribution in [1.29, 1.82) is 0 Å². The van der Waals surface area contributed by atoms with Gasteiger partial charge >= 0.3 is 0 Å². The standard InChI is InChI=1S/C17H21Br/c1-16(2)11-17(12-16,10-13-5-3-6-13)14-7-4-8-15(18)9-14/h4,7-10H,3,5-6,11-12H2,1-2H3. The fourth-order valence-electron chi connectivity index (χ4n) is 3.76. The number of rotatable bonds is 2. The molecule has 0 atom stereocenters. The molecule has 96 valence electrons. The highest BCUT2D eigenvalue weighted by Crippen LogP contribution is 2.57. The van der Waals surface area contributed by atoms with Crippen LogP contribution in [0.25, 0.3) is 0 Å². The van der Waals surface area contributed by atoms with Gasteiger partial charge in [-0.1, -0.05) is 53.6 Å². The molecule has 0 aliphatic heterocycles. The Morgan fingerprint density at radius 2 is 1.89 bits per heavy atom. The van der Waals surface area contributed by atoms with Crippen molar-refractivity contribution in [2.45, 2.75) is 51.4 Å². The highest BCUT2D eigenvalue weighted by molar-refractivity contribution is 9.10. The number of hydrogen-bond acceptors (Lipinski definition) is 0. The summed E-state index contributed by atoms with van der Waals surface area (Å²) >= 11 is 3.61. The zero-order valence-corrected chi connectivity index (χ0v) is 12.9. The summed E-state index contributed by atoms with van der Waals surface area (Å²) in [5.41, 5.74) is 4.01. The minimum atomic E-state index is 0.322. The first kappa shape index (κ1) is 12.5. The molecule has 0 radical (unpaired) electrons. The second kappa shape index (κ2) is 4.23. The molecule has 1 heteroatoms. The molecular formula is C17H21Br. The molecule has 0 bridgehead atoms. The molecule has 0 saturated heterocycles. The van der Waals surface area contributed by atoms with Gasteiger partial charge in [0, 0.05) is 9.89 Å². The Labute approximate surface area is 119 Å². The topological polar surface area (TPSA) is 0 Å². The summed E-state index contributed by atoms with van der Waals surface area (Å²) in [6, 6.07) is 8.91. The summed E-state index contributed by atoms with van der Waals surface area (Å²) in [6.07, 6.45) is 9.24. The van der Waals surface area contributed by atoms with E-state index in [9.17, 15) is 0 Å². The third-order valence-electron chi connectivity index (χ3n) is 4.46. The summed E-state index contributed by atoms with van der Waals surface area (Å²) in [7, 11) is 0. The van der Waals surface area contributed by atoms with E-state index in [2.05, 4.69) is 60.1 Å². The molecule has 0 unspecified atom stereocenters. The maximum atomic E-state index is 3.61. The molecule has 2 aliphatic carbocycles. The first-order chi connectivity index (χ1) is 8.49. The van der Waals surface area contributed by atoms with Gasteiger partial charge in [-0.3, -0.25) is 0 Å². The molecule has 1 aromatic carbocycles. The monoisotopic (exact) mass is 304 g/mol. The van der Waals surface area contributed by atoms with E-state index in [0.717, 1.165) is 0 Å². The Hall–Kier alpha value is -0.560. The SMILES string of the molecule is CC1(C)CC(C=C2CCC2)(c2cccc(Br)c2)C1. The molecule has 0 nitrogen and oxygen atoms in total. The molecule has 2 fully saturated rings. The normalized spacial score (nSPS) is 24.1. The van der Waals surface area contributed by atoms with Crippen LogP contribution in [0.3, 0.4) is 0 Å². The van der Waals surface area contributed by atoms with E-state index in [1.807, 2.05) is 0 Å². The van der Waals surface area contributed by atoms with Crippen LogP contribution in [0.4, 0.5) is 0 Å². The Morgan fingerprint density at radius 3 is 2.39 bits per heavy atom. The Balaban J connectivity index is 1.96. The van der Waals surface area contributed by atoms with Gasteiger partial charge in [-0.25, -0.2) is 0 Å². The lowest BCUT2D eigenvalue weighted by Gasteiger charge is -2.53. The maximum Gasteiger partial charge on any atom is 0.0178 e. The summed E-state index contributed by atoms with van der Waals surface area (Å²) < 4.78 is 1.20. The van der Waals surface area contributed by atoms with Gasteiger partial charge in [0.05, 0.1) is 0 Å². The summed E-state index contributed by atoms with van der Waals surface area (Å²) in [4.78, 5) is 0. The van der Waals surface area contributed by atoms with Gasteiger partial charge in [0.15, 0.2) is 0 Å². The largest absolute Gasteiger partial charge is 0.0747 e. The van der Waals surface area contributed by atoms with Crippen molar-refractivity contribution in [3.63, 3.8) is 0 Å². The van der Waals surface area contributed by atoms with Gasteiger partial charge in [-0.2, -0.15) is 0 Å². The van der Waals surface area contributed by atoms with Crippen LogP contribution >= 0.6 is 15.9 Å². The lowest BCUT2D eigenvalue weighted by atomic mass is 9.51. The molecule has 2 aliphatic rings. The summed E-state index contributed by atoms with van der Waals surface area (Å²) in [6.45, 7) is 4.78. The van der Waals surface area contributed by atoms with Crippen LogP contribution in [0.15, 0.2) is 40.4 Å². The first-order valence-electron chi connectivity index (χ1n) is 6.96. The molecule has 0 heterocycles. The van der Waals surface area contributed by atoms with Crippen LogP contribution in [0.2, 0.25) is 0 Å². The van der Waals surface area contributed by atoms with E-state index < -0.39 is 0 Å². The van der Waals surface area contributed by atoms with Crippen molar-refractivity contribution in [2.75, 3.05) is 0 Å². The number of allylic oxidation sites excluding steroid dienone is 2. The van der Waals surface area contributed by atoms with Crippen molar-refractivity contribution in [3.05, 3.63) is 46.0 Å². The van der Waals surface area contributed by atoms with Gasteiger partial charge in [-0.05, 0) is 55.2 Å². The Morgan fingerprint density at radius 1 is 1.17 bits per heavy atom. The fraction of sp³-hybridized carbons (Fsp3) is 0.529. The second-order valence-electron chi connectivity index (χ2n) is 6.84. The van der Waals surface area contributed by atoms with Crippen molar-refractivity contribution >= 4 is 15.9 Å². The van der Waals surface area contributed by atoms with Crippen LogP contribution in [-0.4, -0.2) is 0 Å². The summed E-state index contributed by atoms with van der Waals surface area (Å²) in [5, 5.41) is 0. The average molecular weight is 305 g/mol. The lowest BCUT2D eigenvalue weighted by Crippen LogP contribution is -2.45. The molecule has 0 spiro atoms. The minimum Gasteiger partial charge on any atom is -0.0747 e. The van der Waals surface area contributed by atoms with Crippen molar-refractivity contribution in [3.8, 4) is 0 Å². The van der Waals surface area contributed by atoms with Gasteiger partial charge in [0.1, 0.15) is 0 Å².